The molecule has 0 heterocycles. The molecule has 1 amide bonds. The fraction of sp³-hybridized carbons (Fsp3) is 0.562. The first kappa shape index (κ1) is 14.7. The number of carbonyl (C=O) groups excluding carboxylic acids is 1. The van der Waals surface area contributed by atoms with Crippen LogP contribution < -0.4 is 10.1 Å². The lowest BCUT2D eigenvalue weighted by Crippen LogP contribution is -2.36. The quantitative estimate of drug-likeness (QED) is 0.898. The van der Waals surface area contributed by atoms with Gasteiger partial charge in [0, 0.05) is 0 Å². The average Bonchev–Trinajstić information content (AvgIpc) is 2.36. The Kier molecular flexibility index (Phi) is 4.21. The van der Waals surface area contributed by atoms with E-state index in [4.69, 9.17) is 9.47 Å². The number of aryl methyl sites for hydroxylation is 1. The van der Waals surface area contributed by atoms with Gasteiger partial charge in [0.15, 0.2) is 0 Å². The van der Waals surface area contributed by atoms with Gasteiger partial charge in [0.05, 0.1) is 13.2 Å². The van der Waals surface area contributed by atoms with Crippen LogP contribution in [-0.2, 0) is 11.2 Å². The highest BCUT2D eigenvalue weighted by molar-refractivity contribution is 5.68. The second-order valence-electron chi connectivity index (χ2n) is 6.16. The molecule has 0 aliphatic heterocycles. The summed E-state index contributed by atoms with van der Waals surface area (Å²) < 4.78 is 10.6. The minimum atomic E-state index is -0.476. The molecular weight excluding hydrogens is 254 g/mol. The van der Waals surface area contributed by atoms with Crippen LogP contribution >= 0.6 is 0 Å². The summed E-state index contributed by atoms with van der Waals surface area (Å²) in [6, 6.07) is 6.06. The van der Waals surface area contributed by atoms with E-state index in [1.165, 1.54) is 5.56 Å². The van der Waals surface area contributed by atoms with E-state index < -0.39 is 5.60 Å². The van der Waals surface area contributed by atoms with E-state index in [0.717, 1.165) is 30.6 Å². The number of hydrogen-bond donors (Lipinski definition) is 1. The van der Waals surface area contributed by atoms with Crippen molar-refractivity contribution in [3.05, 3.63) is 29.3 Å². The highest BCUT2D eigenvalue weighted by Gasteiger charge is 2.24. The van der Waals surface area contributed by atoms with Gasteiger partial charge in [-0.15, -0.1) is 0 Å². The van der Waals surface area contributed by atoms with Crippen molar-refractivity contribution in [1.29, 1.82) is 0 Å². The first-order chi connectivity index (χ1) is 9.39. The Bertz CT molecular complexity index is 491. The van der Waals surface area contributed by atoms with Crippen LogP contribution in [0, 0.1) is 0 Å². The zero-order valence-corrected chi connectivity index (χ0v) is 12.7. The summed E-state index contributed by atoms with van der Waals surface area (Å²) in [6.45, 7) is 5.60. The van der Waals surface area contributed by atoms with Crippen LogP contribution in [0.25, 0.3) is 0 Å². The third-order valence-electron chi connectivity index (χ3n) is 3.36. The Morgan fingerprint density at radius 3 is 2.75 bits per heavy atom. The maximum Gasteiger partial charge on any atom is 0.408 e. The van der Waals surface area contributed by atoms with Crippen LogP contribution in [-0.4, -0.2) is 18.8 Å². The number of carbonyl (C=O) groups is 1. The first-order valence-corrected chi connectivity index (χ1v) is 7.05. The molecule has 0 saturated heterocycles. The number of amides is 1. The van der Waals surface area contributed by atoms with E-state index in [9.17, 15) is 4.79 Å². The molecule has 0 saturated carbocycles. The number of benzene rings is 1. The summed E-state index contributed by atoms with van der Waals surface area (Å²) in [5, 5.41) is 2.97. The normalized spacial score (nSPS) is 18.1. The standard InChI is InChI=1S/C16H23NO3/c1-16(2,3)20-15(18)17-14-7-5-6-11-8-9-12(19-4)10-13(11)14/h8-10,14H,5-7H2,1-4H3,(H,17,18). The van der Waals surface area contributed by atoms with Crippen molar-refractivity contribution >= 4 is 6.09 Å². The number of methoxy groups -OCH3 is 1. The predicted molar refractivity (Wildman–Crippen MR) is 78.0 cm³/mol. The number of alkyl carbamates (subject to hydrolysis) is 1. The topological polar surface area (TPSA) is 47.6 Å². The third-order valence-corrected chi connectivity index (χ3v) is 3.36. The number of ether oxygens (including phenoxy) is 2. The molecule has 1 aromatic carbocycles. The maximum atomic E-state index is 11.9. The maximum absolute atomic E-state index is 11.9. The van der Waals surface area contributed by atoms with Gasteiger partial charge in [-0.05, 0) is 63.3 Å². The molecule has 0 bridgehead atoms. The third kappa shape index (κ3) is 3.65. The highest BCUT2D eigenvalue weighted by Crippen LogP contribution is 2.32. The first-order valence-electron chi connectivity index (χ1n) is 7.05. The van der Waals surface area contributed by atoms with Gasteiger partial charge >= 0.3 is 6.09 Å². The van der Waals surface area contributed by atoms with Crippen LogP contribution in [0.1, 0.15) is 50.8 Å². The molecule has 0 aromatic heterocycles. The minimum absolute atomic E-state index is 0.00343. The van der Waals surface area contributed by atoms with Crippen LogP contribution in [0.15, 0.2) is 18.2 Å². The zero-order valence-electron chi connectivity index (χ0n) is 12.7. The summed E-state index contributed by atoms with van der Waals surface area (Å²) in [7, 11) is 1.65. The summed E-state index contributed by atoms with van der Waals surface area (Å²) in [5.74, 6) is 0.821. The Balaban J connectivity index is 2.13. The van der Waals surface area contributed by atoms with Crippen molar-refractivity contribution in [1.82, 2.24) is 5.32 Å². The predicted octanol–water partition coefficient (Wildman–Crippen LogP) is 3.60. The van der Waals surface area contributed by atoms with Crippen LogP contribution in [0.3, 0.4) is 0 Å². The molecule has 1 aromatic rings. The van der Waals surface area contributed by atoms with E-state index in [-0.39, 0.29) is 12.1 Å². The van der Waals surface area contributed by atoms with Gasteiger partial charge in [0.1, 0.15) is 11.4 Å². The lowest BCUT2D eigenvalue weighted by atomic mass is 9.87. The van der Waals surface area contributed by atoms with E-state index in [1.807, 2.05) is 32.9 Å². The summed E-state index contributed by atoms with van der Waals surface area (Å²) in [6.07, 6.45) is 2.68. The second-order valence-corrected chi connectivity index (χ2v) is 6.16. The molecule has 110 valence electrons. The fourth-order valence-electron chi connectivity index (χ4n) is 2.50. The van der Waals surface area contributed by atoms with Gasteiger partial charge in [-0.25, -0.2) is 4.79 Å². The van der Waals surface area contributed by atoms with Crippen molar-refractivity contribution in [2.75, 3.05) is 7.11 Å². The van der Waals surface area contributed by atoms with Gasteiger partial charge in [-0.2, -0.15) is 0 Å². The monoisotopic (exact) mass is 277 g/mol. The molecule has 2 rings (SSSR count). The van der Waals surface area contributed by atoms with Gasteiger partial charge < -0.3 is 14.8 Å². The molecular formula is C16H23NO3. The van der Waals surface area contributed by atoms with E-state index in [2.05, 4.69) is 11.4 Å². The number of nitrogens with one attached hydrogen (secondary N) is 1. The molecule has 1 aliphatic rings. The van der Waals surface area contributed by atoms with E-state index in [0.29, 0.717) is 0 Å². The van der Waals surface area contributed by atoms with Crippen LogP contribution in [0.5, 0.6) is 5.75 Å². The van der Waals surface area contributed by atoms with Crippen molar-refractivity contribution in [2.45, 2.75) is 51.7 Å². The zero-order chi connectivity index (χ0) is 14.8. The molecule has 1 N–H and O–H groups in total. The van der Waals surface area contributed by atoms with Crippen molar-refractivity contribution < 1.29 is 14.3 Å². The van der Waals surface area contributed by atoms with E-state index in [1.54, 1.807) is 7.11 Å². The van der Waals surface area contributed by atoms with Gasteiger partial charge in [-0.3, -0.25) is 0 Å². The summed E-state index contributed by atoms with van der Waals surface area (Å²) in [4.78, 5) is 11.9. The SMILES string of the molecule is COc1ccc2c(c1)C(NC(=O)OC(C)(C)C)CCC2. The number of hydrogen-bond acceptors (Lipinski definition) is 3. The molecule has 1 atom stereocenters. The second kappa shape index (κ2) is 5.73. The summed E-state index contributed by atoms with van der Waals surface area (Å²) in [5.41, 5.74) is 1.94. The van der Waals surface area contributed by atoms with Crippen molar-refractivity contribution in [3.63, 3.8) is 0 Å². The molecule has 4 heteroatoms. The molecule has 4 nitrogen and oxygen atoms in total. The Labute approximate surface area is 120 Å². The number of rotatable bonds is 2. The average molecular weight is 277 g/mol. The van der Waals surface area contributed by atoms with Gasteiger partial charge in [0.2, 0.25) is 0 Å². The molecule has 0 fully saturated rings. The molecule has 20 heavy (non-hydrogen) atoms. The lowest BCUT2D eigenvalue weighted by molar-refractivity contribution is 0.0498. The lowest BCUT2D eigenvalue weighted by Gasteiger charge is -2.28. The molecule has 1 unspecified atom stereocenters. The van der Waals surface area contributed by atoms with Crippen LogP contribution in [0.4, 0.5) is 4.79 Å². The van der Waals surface area contributed by atoms with Gasteiger partial charge in [-0.1, -0.05) is 6.07 Å². The number of fused-ring (bicyclic) bond motifs is 1. The molecule has 0 spiro atoms. The highest BCUT2D eigenvalue weighted by atomic mass is 16.6. The molecule has 0 radical (unpaired) electrons. The Hall–Kier alpha value is -1.71. The fourth-order valence-corrected chi connectivity index (χ4v) is 2.50. The largest absolute Gasteiger partial charge is 0.497 e. The minimum Gasteiger partial charge on any atom is -0.497 e. The van der Waals surface area contributed by atoms with Crippen molar-refractivity contribution in [3.8, 4) is 5.75 Å². The molecule has 1 aliphatic carbocycles. The van der Waals surface area contributed by atoms with Crippen LogP contribution in [0.2, 0.25) is 0 Å². The van der Waals surface area contributed by atoms with E-state index >= 15 is 0 Å². The van der Waals surface area contributed by atoms with Gasteiger partial charge in [0.25, 0.3) is 0 Å². The smallest absolute Gasteiger partial charge is 0.408 e. The Morgan fingerprint density at radius 2 is 2.10 bits per heavy atom. The summed E-state index contributed by atoms with van der Waals surface area (Å²) >= 11 is 0. The Morgan fingerprint density at radius 1 is 1.35 bits per heavy atom. The van der Waals surface area contributed by atoms with Crippen molar-refractivity contribution in [2.24, 2.45) is 0 Å².